The number of likely N-dealkylation sites (tertiary alicyclic amines) is 1. The Labute approximate surface area is 112 Å². The summed E-state index contributed by atoms with van der Waals surface area (Å²) >= 11 is 0. The topological polar surface area (TPSA) is 113 Å². The molecule has 1 heterocycles. The van der Waals surface area contributed by atoms with Crippen molar-refractivity contribution >= 4 is 17.9 Å². The third kappa shape index (κ3) is 2.97. The number of aliphatic carboxylic acids is 1. The summed E-state index contributed by atoms with van der Waals surface area (Å²) in [5.74, 6) is -1.60. The Balaban J connectivity index is 2.69. The van der Waals surface area contributed by atoms with Crippen molar-refractivity contribution in [1.29, 1.82) is 0 Å². The van der Waals surface area contributed by atoms with Crippen molar-refractivity contribution in [2.45, 2.75) is 39.2 Å². The molecule has 1 aliphatic heterocycles. The molecule has 0 saturated carbocycles. The fraction of sp³-hybridized carbons (Fsp3) is 0.750. The van der Waals surface area contributed by atoms with Crippen LogP contribution in [0.5, 0.6) is 0 Å². The molecule has 1 fully saturated rings. The number of carbonyl (C=O) groups excluding carboxylic acids is 2. The molecular weight excluding hydrogens is 250 g/mol. The summed E-state index contributed by atoms with van der Waals surface area (Å²) in [6, 6.07) is -0.746. The SMILES string of the molecule is CCC(CC)(C(=O)O)C(=O)NC1CCN(C(N)=O)C1. The van der Waals surface area contributed by atoms with Crippen molar-refractivity contribution in [3.05, 3.63) is 0 Å². The quantitative estimate of drug-likeness (QED) is 0.617. The van der Waals surface area contributed by atoms with E-state index in [4.69, 9.17) is 5.73 Å². The molecule has 4 N–H and O–H groups in total. The Kier molecular flexibility index (Phi) is 4.74. The molecule has 0 bridgehead atoms. The average Bonchev–Trinajstić information content (AvgIpc) is 2.79. The number of urea groups is 1. The maximum Gasteiger partial charge on any atom is 0.319 e. The third-order valence-electron chi connectivity index (χ3n) is 3.89. The van der Waals surface area contributed by atoms with Gasteiger partial charge in [0.15, 0.2) is 0 Å². The predicted molar refractivity (Wildman–Crippen MR) is 68.4 cm³/mol. The summed E-state index contributed by atoms with van der Waals surface area (Å²) in [4.78, 5) is 35.9. The number of nitrogens with one attached hydrogen (secondary N) is 1. The lowest BCUT2D eigenvalue weighted by atomic mass is 9.81. The van der Waals surface area contributed by atoms with Gasteiger partial charge in [0.2, 0.25) is 5.91 Å². The van der Waals surface area contributed by atoms with Crippen LogP contribution >= 0.6 is 0 Å². The van der Waals surface area contributed by atoms with E-state index in [0.29, 0.717) is 19.5 Å². The molecule has 1 rings (SSSR count). The molecule has 1 unspecified atom stereocenters. The van der Waals surface area contributed by atoms with E-state index in [1.54, 1.807) is 13.8 Å². The van der Waals surface area contributed by atoms with Gasteiger partial charge in [0.25, 0.3) is 0 Å². The highest BCUT2D eigenvalue weighted by Gasteiger charge is 2.44. The maximum atomic E-state index is 12.2. The Hall–Kier alpha value is -1.79. The highest BCUT2D eigenvalue weighted by atomic mass is 16.4. The van der Waals surface area contributed by atoms with Crippen molar-refractivity contribution in [3.63, 3.8) is 0 Å². The second kappa shape index (κ2) is 5.90. The number of nitrogens with two attached hydrogens (primary N) is 1. The van der Waals surface area contributed by atoms with Crippen molar-refractivity contribution in [2.75, 3.05) is 13.1 Å². The Morgan fingerprint density at radius 2 is 1.95 bits per heavy atom. The van der Waals surface area contributed by atoms with Crippen LogP contribution in [0.15, 0.2) is 0 Å². The van der Waals surface area contributed by atoms with E-state index >= 15 is 0 Å². The Bertz CT molecular complexity index is 379. The predicted octanol–water partition coefficient (Wildman–Crippen LogP) is 0.147. The minimum absolute atomic E-state index is 0.225. The van der Waals surface area contributed by atoms with E-state index in [9.17, 15) is 19.5 Å². The molecule has 0 aromatic carbocycles. The molecule has 1 aliphatic rings. The summed E-state index contributed by atoms with van der Waals surface area (Å²) < 4.78 is 0. The zero-order chi connectivity index (χ0) is 14.6. The number of amides is 3. The first-order chi connectivity index (χ1) is 8.87. The molecule has 0 aliphatic carbocycles. The molecular formula is C12H21N3O4. The van der Waals surface area contributed by atoms with Crippen molar-refractivity contribution in [2.24, 2.45) is 11.1 Å². The summed E-state index contributed by atoms with van der Waals surface area (Å²) in [6.45, 7) is 4.19. The van der Waals surface area contributed by atoms with Crippen LogP contribution < -0.4 is 11.1 Å². The summed E-state index contributed by atoms with van der Waals surface area (Å²) in [5, 5.41) is 12.0. The first-order valence-electron chi connectivity index (χ1n) is 6.46. The molecule has 3 amide bonds. The van der Waals surface area contributed by atoms with Gasteiger partial charge in [0.05, 0.1) is 0 Å². The molecule has 0 aromatic rings. The normalized spacial score (nSPS) is 19.3. The van der Waals surface area contributed by atoms with Crippen LogP contribution in [0.25, 0.3) is 0 Å². The summed E-state index contributed by atoms with van der Waals surface area (Å²) in [6.07, 6.45) is 1.06. The van der Waals surface area contributed by atoms with Gasteiger partial charge in [0, 0.05) is 19.1 Å². The molecule has 0 radical (unpaired) electrons. The highest BCUT2D eigenvalue weighted by molar-refractivity contribution is 6.02. The lowest BCUT2D eigenvalue weighted by Gasteiger charge is -2.27. The van der Waals surface area contributed by atoms with E-state index in [2.05, 4.69) is 5.32 Å². The monoisotopic (exact) mass is 271 g/mol. The van der Waals surface area contributed by atoms with Crippen LogP contribution in [-0.4, -0.2) is 47.0 Å². The van der Waals surface area contributed by atoms with Gasteiger partial charge < -0.3 is 21.1 Å². The average molecular weight is 271 g/mol. The number of carboxylic acid groups (broad SMARTS) is 1. The van der Waals surface area contributed by atoms with Gasteiger partial charge in [-0.1, -0.05) is 13.8 Å². The van der Waals surface area contributed by atoms with Crippen LogP contribution in [-0.2, 0) is 9.59 Å². The van der Waals surface area contributed by atoms with Crippen LogP contribution in [0.2, 0.25) is 0 Å². The van der Waals surface area contributed by atoms with Gasteiger partial charge in [-0.15, -0.1) is 0 Å². The minimum Gasteiger partial charge on any atom is -0.480 e. The molecule has 108 valence electrons. The maximum absolute atomic E-state index is 12.2. The Morgan fingerprint density at radius 1 is 1.37 bits per heavy atom. The lowest BCUT2D eigenvalue weighted by molar-refractivity contribution is -0.156. The Morgan fingerprint density at radius 3 is 2.32 bits per heavy atom. The standard InChI is InChI=1S/C12H21N3O4/c1-3-12(4-2,10(17)18)9(16)14-8-5-6-15(7-8)11(13)19/h8H,3-7H2,1-2H3,(H2,13,19)(H,14,16)(H,17,18). The van der Waals surface area contributed by atoms with Gasteiger partial charge in [-0.3, -0.25) is 9.59 Å². The second-order valence-corrected chi connectivity index (χ2v) is 4.84. The molecule has 7 heteroatoms. The van der Waals surface area contributed by atoms with E-state index in [1.165, 1.54) is 4.90 Å². The summed E-state index contributed by atoms with van der Waals surface area (Å²) in [7, 11) is 0. The second-order valence-electron chi connectivity index (χ2n) is 4.84. The van der Waals surface area contributed by atoms with Crippen LogP contribution in [0.3, 0.4) is 0 Å². The summed E-state index contributed by atoms with van der Waals surface area (Å²) in [5.41, 5.74) is 3.77. The number of nitrogens with zero attached hydrogens (tertiary/aromatic N) is 1. The smallest absolute Gasteiger partial charge is 0.319 e. The van der Waals surface area contributed by atoms with Gasteiger partial charge in [-0.25, -0.2) is 4.79 Å². The molecule has 0 spiro atoms. The van der Waals surface area contributed by atoms with E-state index in [-0.39, 0.29) is 18.9 Å². The van der Waals surface area contributed by atoms with Crippen molar-refractivity contribution in [3.8, 4) is 0 Å². The van der Waals surface area contributed by atoms with Crippen LogP contribution in [0.4, 0.5) is 4.79 Å². The number of carboxylic acids is 1. The number of hydrogen-bond donors (Lipinski definition) is 3. The zero-order valence-electron chi connectivity index (χ0n) is 11.3. The van der Waals surface area contributed by atoms with Gasteiger partial charge >= 0.3 is 12.0 Å². The number of hydrogen-bond acceptors (Lipinski definition) is 3. The van der Waals surface area contributed by atoms with E-state index < -0.39 is 23.3 Å². The first kappa shape index (κ1) is 15.3. The number of carbonyl (C=O) groups is 3. The minimum atomic E-state index is -1.39. The highest BCUT2D eigenvalue weighted by Crippen LogP contribution is 2.27. The largest absolute Gasteiger partial charge is 0.480 e. The lowest BCUT2D eigenvalue weighted by Crippen LogP contribution is -2.50. The fourth-order valence-corrected chi connectivity index (χ4v) is 2.37. The molecule has 7 nitrogen and oxygen atoms in total. The van der Waals surface area contributed by atoms with Crippen molar-refractivity contribution in [1.82, 2.24) is 10.2 Å². The van der Waals surface area contributed by atoms with Gasteiger partial charge in [-0.2, -0.15) is 0 Å². The van der Waals surface area contributed by atoms with Crippen LogP contribution in [0.1, 0.15) is 33.1 Å². The number of rotatable bonds is 5. The number of primary amides is 1. The molecule has 1 saturated heterocycles. The third-order valence-corrected chi connectivity index (χ3v) is 3.89. The zero-order valence-corrected chi connectivity index (χ0v) is 11.3. The van der Waals surface area contributed by atoms with Crippen molar-refractivity contribution < 1.29 is 19.5 Å². The first-order valence-corrected chi connectivity index (χ1v) is 6.46. The van der Waals surface area contributed by atoms with Crippen LogP contribution in [0, 0.1) is 5.41 Å². The molecule has 19 heavy (non-hydrogen) atoms. The molecule has 1 atom stereocenters. The van der Waals surface area contributed by atoms with E-state index in [1.807, 2.05) is 0 Å². The van der Waals surface area contributed by atoms with Gasteiger partial charge in [0.1, 0.15) is 5.41 Å². The van der Waals surface area contributed by atoms with Gasteiger partial charge in [-0.05, 0) is 19.3 Å². The molecule has 0 aromatic heterocycles. The fourth-order valence-electron chi connectivity index (χ4n) is 2.37. The van der Waals surface area contributed by atoms with E-state index in [0.717, 1.165) is 0 Å².